The van der Waals surface area contributed by atoms with Gasteiger partial charge in [-0.25, -0.2) is 13.6 Å². The molecule has 0 unspecified atom stereocenters. The van der Waals surface area contributed by atoms with E-state index in [0.29, 0.717) is 11.4 Å². The number of anilines is 3. The van der Waals surface area contributed by atoms with Gasteiger partial charge in [0.25, 0.3) is 0 Å². The monoisotopic (exact) mass is 332 g/mol. The van der Waals surface area contributed by atoms with Crippen molar-refractivity contribution in [1.82, 2.24) is 5.32 Å². The third-order valence-electron chi connectivity index (χ3n) is 3.79. The highest BCUT2D eigenvalue weighted by Gasteiger charge is 2.15. The average molecular weight is 332 g/mol. The molecular formula is C17H18F2N4O. The first-order chi connectivity index (χ1) is 11.6. The zero-order chi connectivity index (χ0) is 16.9. The molecular weight excluding hydrogens is 314 g/mol. The number of hydrogen-bond acceptors (Lipinski definition) is 3. The van der Waals surface area contributed by atoms with E-state index in [1.54, 1.807) is 18.2 Å². The number of nitrogens with zero attached hydrogens (tertiary/aromatic N) is 1. The number of piperazine rings is 1. The molecule has 0 spiro atoms. The SMILES string of the molecule is O=C(Nc1ccc(N2CCNCC2)c(F)c1)Nc1ccccc1F. The number of para-hydroxylation sites is 1. The second-order valence-corrected chi connectivity index (χ2v) is 5.46. The molecule has 0 bridgehead atoms. The van der Waals surface area contributed by atoms with E-state index in [-0.39, 0.29) is 5.69 Å². The first-order valence-electron chi connectivity index (χ1n) is 7.71. The summed E-state index contributed by atoms with van der Waals surface area (Å²) in [5.74, 6) is -0.937. The third kappa shape index (κ3) is 3.80. The summed E-state index contributed by atoms with van der Waals surface area (Å²) in [4.78, 5) is 13.9. The molecule has 3 rings (SSSR count). The lowest BCUT2D eigenvalue weighted by atomic mass is 10.2. The van der Waals surface area contributed by atoms with Gasteiger partial charge in [-0.2, -0.15) is 0 Å². The van der Waals surface area contributed by atoms with Gasteiger partial charge in [0.15, 0.2) is 0 Å². The van der Waals surface area contributed by atoms with Crippen LogP contribution in [0.2, 0.25) is 0 Å². The van der Waals surface area contributed by atoms with Crippen molar-refractivity contribution in [2.24, 2.45) is 0 Å². The number of carbonyl (C=O) groups is 1. The van der Waals surface area contributed by atoms with Crippen molar-refractivity contribution in [2.75, 3.05) is 41.7 Å². The minimum absolute atomic E-state index is 0.0629. The fourth-order valence-corrected chi connectivity index (χ4v) is 2.59. The lowest BCUT2D eigenvalue weighted by Crippen LogP contribution is -2.43. The normalized spacial score (nSPS) is 14.3. The number of hydrogen-bond donors (Lipinski definition) is 3. The Hall–Kier alpha value is -2.67. The van der Waals surface area contributed by atoms with Crippen LogP contribution in [0.3, 0.4) is 0 Å². The van der Waals surface area contributed by atoms with Gasteiger partial charge in [-0.05, 0) is 30.3 Å². The molecule has 1 heterocycles. The Labute approximate surface area is 138 Å². The minimum atomic E-state index is -0.630. The van der Waals surface area contributed by atoms with Crippen molar-refractivity contribution in [1.29, 1.82) is 0 Å². The van der Waals surface area contributed by atoms with Gasteiger partial charge in [0.05, 0.1) is 11.4 Å². The molecule has 126 valence electrons. The number of carbonyl (C=O) groups excluding carboxylic acids is 1. The first-order valence-corrected chi connectivity index (χ1v) is 7.71. The van der Waals surface area contributed by atoms with Crippen LogP contribution in [0.5, 0.6) is 0 Å². The standard InChI is InChI=1S/C17H18F2N4O/c18-13-3-1-2-4-15(13)22-17(24)21-12-5-6-16(14(19)11-12)23-9-7-20-8-10-23/h1-6,11,20H,7-10H2,(H2,21,22,24). The number of nitrogens with one attached hydrogen (secondary N) is 3. The summed E-state index contributed by atoms with van der Waals surface area (Å²) in [6.07, 6.45) is 0. The van der Waals surface area contributed by atoms with Crippen LogP contribution in [0.15, 0.2) is 42.5 Å². The van der Waals surface area contributed by atoms with E-state index < -0.39 is 17.7 Å². The molecule has 1 aliphatic heterocycles. The maximum absolute atomic E-state index is 14.3. The van der Waals surface area contributed by atoms with Crippen molar-refractivity contribution < 1.29 is 13.6 Å². The molecule has 0 atom stereocenters. The molecule has 2 amide bonds. The molecule has 0 saturated carbocycles. The quantitative estimate of drug-likeness (QED) is 0.810. The fourth-order valence-electron chi connectivity index (χ4n) is 2.59. The molecule has 0 aromatic heterocycles. The van der Waals surface area contributed by atoms with Crippen LogP contribution in [0.25, 0.3) is 0 Å². The molecule has 5 nitrogen and oxygen atoms in total. The van der Waals surface area contributed by atoms with Gasteiger partial charge in [-0.3, -0.25) is 0 Å². The Morgan fingerprint density at radius 2 is 1.75 bits per heavy atom. The van der Waals surface area contributed by atoms with Crippen molar-refractivity contribution in [3.05, 3.63) is 54.1 Å². The molecule has 1 fully saturated rings. The summed E-state index contributed by atoms with van der Waals surface area (Å²) >= 11 is 0. The van der Waals surface area contributed by atoms with E-state index in [1.807, 2.05) is 4.90 Å². The van der Waals surface area contributed by atoms with Crippen LogP contribution in [0.4, 0.5) is 30.6 Å². The van der Waals surface area contributed by atoms with Gasteiger partial charge in [0.2, 0.25) is 0 Å². The predicted octanol–water partition coefficient (Wildman–Crippen LogP) is 3.02. The smallest absolute Gasteiger partial charge is 0.323 e. The van der Waals surface area contributed by atoms with Crippen LogP contribution in [0.1, 0.15) is 0 Å². The number of rotatable bonds is 3. The number of halogens is 2. The van der Waals surface area contributed by atoms with Gasteiger partial charge in [-0.15, -0.1) is 0 Å². The van der Waals surface area contributed by atoms with Crippen molar-refractivity contribution in [2.45, 2.75) is 0 Å². The van der Waals surface area contributed by atoms with E-state index >= 15 is 0 Å². The highest BCUT2D eigenvalue weighted by atomic mass is 19.1. The molecule has 1 saturated heterocycles. The molecule has 0 aliphatic carbocycles. The van der Waals surface area contributed by atoms with E-state index in [4.69, 9.17) is 0 Å². The van der Waals surface area contributed by atoms with Gasteiger partial charge in [-0.1, -0.05) is 12.1 Å². The lowest BCUT2D eigenvalue weighted by molar-refractivity contribution is 0.262. The van der Waals surface area contributed by atoms with E-state index in [1.165, 1.54) is 24.3 Å². The van der Waals surface area contributed by atoms with Crippen molar-refractivity contribution in [3.63, 3.8) is 0 Å². The van der Waals surface area contributed by atoms with Crippen molar-refractivity contribution in [3.8, 4) is 0 Å². The highest BCUT2D eigenvalue weighted by Crippen LogP contribution is 2.23. The van der Waals surface area contributed by atoms with Gasteiger partial charge >= 0.3 is 6.03 Å². The first kappa shape index (κ1) is 16.2. The van der Waals surface area contributed by atoms with Gasteiger partial charge in [0.1, 0.15) is 11.6 Å². The maximum Gasteiger partial charge on any atom is 0.323 e. The van der Waals surface area contributed by atoms with Crippen LogP contribution < -0.4 is 20.9 Å². The van der Waals surface area contributed by atoms with Gasteiger partial charge < -0.3 is 20.9 Å². The predicted molar refractivity (Wildman–Crippen MR) is 90.5 cm³/mol. The van der Waals surface area contributed by atoms with Crippen LogP contribution in [-0.4, -0.2) is 32.2 Å². The molecule has 2 aromatic rings. The number of urea groups is 1. The molecule has 24 heavy (non-hydrogen) atoms. The Bertz CT molecular complexity index is 732. The summed E-state index contributed by atoms with van der Waals surface area (Å²) in [6, 6.07) is 9.73. The van der Waals surface area contributed by atoms with Crippen LogP contribution >= 0.6 is 0 Å². The largest absolute Gasteiger partial charge is 0.367 e. The zero-order valence-corrected chi connectivity index (χ0v) is 13.0. The zero-order valence-electron chi connectivity index (χ0n) is 13.0. The van der Waals surface area contributed by atoms with E-state index in [9.17, 15) is 13.6 Å². The Balaban J connectivity index is 1.66. The topological polar surface area (TPSA) is 56.4 Å². The van der Waals surface area contributed by atoms with E-state index in [0.717, 1.165) is 26.2 Å². The summed E-state index contributed by atoms with van der Waals surface area (Å²) in [7, 11) is 0. The van der Waals surface area contributed by atoms with E-state index in [2.05, 4.69) is 16.0 Å². The van der Waals surface area contributed by atoms with Crippen LogP contribution in [-0.2, 0) is 0 Å². The minimum Gasteiger partial charge on any atom is -0.367 e. The summed E-state index contributed by atoms with van der Waals surface area (Å²) in [5.41, 5.74) is 0.879. The molecule has 7 heteroatoms. The Morgan fingerprint density at radius 3 is 2.46 bits per heavy atom. The molecule has 2 aromatic carbocycles. The summed E-state index contributed by atoms with van der Waals surface area (Å²) < 4.78 is 27.8. The highest BCUT2D eigenvalue weighted by molar-refractivity contribution is 5.99. The van der Waals surface area contributed by atoms with Crippen molar-refractivity contribution >= 4 is 23.1 Å². The average Bonchev–Trinajstić information content (AvgIpc) is 2.58. The van der Waals surface area contributed by atoms with Crippen LogP contribution in [0, 0.1) is 11.6 Å². The van der Waals surface area contributed by atoms with Gasteiger partial charge in [0, 0.05) is 31.9 Å². The second-order valence-electron chi connectivity index (χ2n) is 5.46. The Morgan fingerprint density at radius 1 is 1.00 bits per heavy atom. The maximum atomic E-state index is 14.3. The molecule has 1 aliphatic rings. The fraction of sp³-hybridized carbons (Fsp3) is 0.235. The number of benzene rings is 2. The molecule has 0 radical (unpaired) electrons. The lowest BCUT2D eigenvalue weighted by Gasteiger charge is -2.29. The molecule has 3 N–H and O–H groups in total. The summed E-state index contributed by atoms with van der Waals surface area (Å²) in [6.45, 7) is 3.09. The summed E-state index contributed by atoms with van der Waals surface area (Å²) in [5, 5.41) is 8.10. The third-order valence-corrected chi connectivity index (χ3v) is 3.79. The second kappa shape index (κ2) is 7.27. The number of amides is 2. The Kier molecular flexibility index (Phi) is 4.90.